The van der Waals surface area contributed by atoms with Crippen molar-refractivity contribution in [1.82, 2.24) is 20.1 Å². The molecule has 2 heterocycles. The SMILES string of the molecule is CC(C)(C)C(Cc1cc(S(=O)(=O)c2cccnc2)n(-c2ccccc2F)n1)NC(=O)O. The number of pyridine rings is 1. The Morgan fingerprint density at radius 2 is 1.94 bits per heavy atom. The van der Waals surface area contributed by atoms with E-state index in [1.54, 1.807) is 6.07 Å². The topological polar surface area (TPSA) is 114 Å². The molecule has 0 spiro atoms. The van der Waals surface area contributed by atoms with Crippen LogP contribution in [0.5, 0.6) is 0 Å². The van der Waals surface area contributed by atoms with E-state index in [-0.39, 0.29) is 22.0 Å². The molecule has 10 heteroatoms. The first-order valence-corrected chi connectivity index (χ1v) is 11.0. The fourth-order valence-corrected chi connectivity index (χ4v) is 4.41. The van der Waals surface area contributed by atoms with Crippen LogP contribution >= 0.6 is 0 Å². The summed E-state index contributed by atoms with van der Waals surface area (Å²) in [5.74, 6) is -0.643. The molecule has 0 fully saturated rings. The highest BCUT2D eigenvalue weighted by molar-refractivity contribution is 7.91. The van der Waals surface area contributed by atoms with Crippen molar-refractivity contribution in [1.29, 1.82) is 0 Å². The van der Waals surface area contributed by atoms with Crippen LogP contribution < -0.4 is 5.32 Å². The Morgan fingerprint density at radius 3 is 2.52 bits per heavy atom. The standard InChI is InChI=1S/C21H23FN4O4S/c1-21(2,3)18(24-20(27)28)11-14-12-19(31(29,30)15-7-6-10-23-13-15)26(25-14)17-9-5-4-8-16(17)22/h4-10,12-13,18,24H,11H2,1-3H3,(H,27,28). The van der Waals surface area contributed by atoms with Crippen LogP contribution in [0.15, 0.2) is 64.8 Å². The van der Waals surface area contributed by atoms with Crippen molar-refractivity contribution < 1.29 is 22.7 Å². The number of aromatic nitrogens is 3. The molecule has 8 nitrogen and oxygen atoms in total. The summed E-state index contributed by atoms with van der Waals surface area (Å²) >= 11 is 0. The predicted octanol–water partition coefficient (Wildman–Crippen LogP) is 3.46. The van der Waals surface area contributed by atoms with E-state index >= 15 is 0 Å². The third-order valence-corrected chi connectivity index (χ3v) is 6.49. The van der Waals surface area contributed by atoms with E-state index in [4.69, 9.17) is 0 Å². The average molecular weight is 447 g/mol. The molecule has 0 aliphatic heterocycles. The molecule has 2 aromatic heterocycles. The molecular weight excluding hydrogens is 423 g/mol. The fraction of sp³-hybridized carbons (Fsp3) is 0.286. The Kier molecular flexibility index (Phi) is 6.12. The summed E-state index contributed by atoms with van der Waals surface area (Å²) in [6.07, 6.45) is 1.57. The van der Waals surface area contributed by atoms with E-state index < -0.39 is 33.2 Å². The Morgan fingerprint density at radius 1 is 1.23 bits per heavy atom. The van der Waals surface area contributed by atoms with Crippen molar-refractivity contribution in [2.75, 3.05) is 0 Å². The van der Waals surface area contributed by atoms with Gasteiger partial charge in [0.05, 0.1) is 10.6 Å². The first-order valence-electron chi connectivity index (χ1n) is 9.48. The van der Waals surface area contributed by atoms with E-state index in [0.29, 0.717) is 5.69 Å². The summed E-state index contributed by atoms with van der Waals surface area (Å²) in [4.78, 5) is 15.0. The zero-order valence-electron chi connectivity index (χ0n) is 17.3. The second-order valence-electron chi connectivity index (χ2n) is 8.10. The lowest BCUT2D eigenvalue weighted by Gasteiger charge is -2.29. The zero-order chi connectivity index (χ0) is 22.8. The van der Waals surface area contributed by atoms with Gasteiger partial charge in [0, 0.05) is 24.9 Å². The number of amides is 1. The molecule has 31 heavy (non-hydrogen) atoms. The Hall–Kier alpha value is -3.27. The molecule has 164 valence electrons. The molecule has 0 saturated carbocycles. The van der Waals surface area contributed by atoms with Crippen molar-refractivity contribution in [3.8, 4) is 5.69 Å². The molecule has 1 amide bonds. The van der Waals surface area contributed by atoms with Gasteiger partial charge in [0.15, 0.2) is 5.03 Å². The maximum absolute atomic E-state index is 14.5. The molecule has 3 rings (SSSR count). The zero-order valence-corrected chi connectivity index (χ0v) is 18.1. The molecule has 3 aromatic rings. The maximum atomic E-state index is 14.5. The van der Waals surface area contributed by atoms with Gasteiger partial charge in [-0.05, 0) is 35.7 Å². The molecule has 0 saturated heterocycles. The summed E-state index contributed by atoms with van der Waals surface area (Å²) in [7, 11) is -4.07. The third-order valence-electron chi connectivity index (χ3n) is 4.78. The number of rotatable bonds is 6. The predicted molar refractivity (Wildman–Crippen MR) is 111 cm³/mol. The van der Waals surface area contributed by atoms with Crippen molar-refractivity contribution in [3.05, 3.63) is 66.4 Å². The van der Waals surface area contributed by atoms with Gasteiger partial charge < -0.3 is 10.4 Å². The number of nitrogens with zero attached hydrogens (tertiary/aromatic N) is 3. The molecule has 0 aliphatic rings. The van der Waals surface area contributed by atoms with Crippen molar-refractivity contribution in [3.63, 3.8) is 0 Å². The minimum atomic E-state index is -4.07. The van der Waals surface area contributed by atoms with Gasteiger partial charge in [-0.2, -0.15) is 5.10 Å². The Labute approximate surface area is 179 Å². The normalized spacial score (nSPS) is 13.0. The number of benzene rings is 1. The van der Waals surface area contributed by atoms with Crippen molar-refractivity contribution in [2.24, 2.45) is 5.41 Å². The average Bonchev–Trinajstić information content (AvgIpc) is 3.12. The Bertz CT molecular complexity index is 1190. The van der Waals surface area contributed by atoms with Crippen molar-refractivity contribution >= 4 is 15.9 Å². The highest BCUT2D eigenvalue weighted by Crippen LogP contribution is 2.28. The van der Waals surface area contributed by atoms with Crippen LogP contribution in [0, 0.1) is 11.2 Å². The van der Waals surface area contributed by atoms with E-state index in [2.05, 4.69) is 15.4 Å². The lowest BCUT2D eigenvalue weighted by Crippen LogP contribution is -2.44. The Balaban J connectivity index is 2.15. The van der Waals surface area contributed by atoms with Crippen LogP contribution in [0.4, 0.5) is 9.18 Å². The third kappa shape index (κ3) is 4.91. The summed E-state index contributed by atoms with van der Waals surface area (Å²) in [6, 6.07) is 9.37. The second-order valence-corrected chi connectivity index (χ2v) is 10.00. The lowest BCUT2D eigenvalue weighted by molar-refractivity contribution is 0.174. The van der Waals surface area contributed by atoms with Crippen molar-refractivity contribution in [2.45, 2.75) is 43.2 Å². The van der Waals surface area contributed by atoms with Gasteiger partial charge in [0.1, 0.15) is 11.5 Å². The summed E-state index contributed by atoms with van der Waals surface area (Å²) in [5, 5.41) is 15.7. The van der Waals surface area contributed by atoms with Crippen LogP contribution in [0.1, 0.15) is 26.5 Å². The van der Waals surface area contributed by atoms with E-state index in [1.807, 2.05) is 20.8 Å². The van der Waals surface area contributed by atoms with Crippen LogP contribution in [0.3, 0.4) is 0 Å². The van der Waals surface area contributed by atoms with Gasteiger partial charge in [-0.25, -0.2) is 22.3 Å². The van der Waals surface area contributed by atoms with Crippen LogP contribution in [0.2, 0.25) is 0 Å². The summed E-state index contributed by atoms with van der Waals surface area (Å²) < 4.78 is 42.1. The largest absolute Gasteiger partial charge is 0.465 e. The van der Waals surface area contributed by atoms with Crippen LogP contribution in [-0.2, 0) is 16.3 Å². The minimum absolute atomic E-state index is 0.0327. The smallest absolute Gasteiger partial charge is 0.404 e. The van der Waals surface area contributed by atoms with Gasteiger partial charge in [0.2, 0.25) is 9.84 Å². The first-order chi connectivity index (χ1) is 14.5. The summed E-state index contributed by atoms with van der Waals surface area (Å²) in [5.41, 5.74) is -0.197. The number of hydrogen-bond acceptors (Lipinski definition) is 5. The second kappa shape index (κ2) is 8.46. The molecule has 0 radical (unpaired) electrons. The molecule has 0 bridgehead atoms. The van der Waals surface area contributed by atoms with Crippen LogP contribution in [-0.4, -0.2) is 40.4 Å². The fourth-order valence-electron chi connectivity index (χ4n) is 3.06. The van der Waals surface area contributed by atoms with Gasteiger partial charge in [-0.15, -0.1) is 0 Å². The van der Waals surface area contributed by atoms with E-state index in [1.165, 1.54) is 48.8 Å². The highest BCUT2D eigenvalue weighted by Gasteiger charge is 2.30. The van der Waals surface area contributed by atoms with E-state index in [9.17, 15) is 22.7 Å². The number of hydrogen-bond donors (Lipinski definition) is 2. The minimum Gasteiger partial charge on any atom is -0.465 e. The highest BCUT2D eigenvalue weighted by atomic mass is 32.2. The molecule has 1 atom stereocenters. The van der Waals surface area contributed by atoms with E-state index in [0.717, 1.165) is 4.68 Å². The van der Waals surface area contributed by atoms with Gasteiger partial charge >= 0.3 is 6.09 Å². The van der Waals surface area contributed by atoms with Gasteiger partial charge in [0.25, 0.3) is 0 Å². The molecule has 1 aromatic carbocycles. The van der Waals surface area contributed by atoms with Gasteiger partial charge in [-0.1, -0.05) is 32.9 Å². The number of carboxylic acid groups (broad SMARTS) is 1. The van der Waals surface area contributed by atoms with Gasteiger partial charge in [-0.3, -0.25) is 4.98 Å². The maximum Gasteiger partial charge on any atom is 0.404 e. The molecule has 1 unspecified atom stereocenters. The van der Waals surface area contributed by atoms with Crippen LogP contribution in [0.25, 0.3) is 5.69 Å². The number of para-hydroxylation sites is 1. The molecule has 0 aliphatic carbocycles. The number of nitrogens with one attached hydrogen (secondary N) is 1. The lowest BCUT2D eigenvalue weighted by atomic mass is 9.84. The molecule has 2 N–H and O–H groups in total. The monoisotopic (exact) mass is 446 g/mol. The number of sulfone groups is 1. The summed E-state index contributed by atoms with van der Waals surface area (Å²) in [6.45, 7) is 5.57. The molecular formula is C21H23FN4O4S. The number of carbonyl (C=O) groups is 1. The first kappa shape index (κ1) is 22.4. The number of halogens is 1. The quantitative estimate of drug-likeness (QED) is 0.599.